The van der Waals surface area contributed by atoms with E-state index >= 15 is 0 Å². The number of aromatic nitrogens is 2. The van der Waals surface area contributed by atoms with E-state index in [1.165, 1.54) is 21.9 Å². The zero-order valence-electron chi connectivity index (χ0n) is 35.8. The Morgan fingerprint density at radius 2 is 1.08 bits per heavy atom. The van der Waals surface area contributed by atoms with Gasteiger partial charge >= 0.3 is 0 Å². The van der Waals surface area contributed by atoms with Gasteiger partial charge in [-0.05, 0) is 58.2 Å². The monoisotopic (exact) mass is 1010 g/mol. The van der Waals surface area contributed by atoms with Crippen LogP contribution < -0.4 is 5.19 Å². The molecule has 0 aliphatic rings. The molecule has 309 valence electrons. The molecule has 0 spiro atoms. The molecule has 4 nitrogen and oxygen atoms in total. The van der Waals surface area contributed by atoms with Crippen molar-refractivity contribution in [2.75, 3.05) is 0 Å². The van der Waals surface area contributed by atoms with Gasteiger partial charge in [0.1, 0.15) is 16.7 Å². The summed E-state index contributed by atoms with van der Waals surface area (Å²) in [6.07, 6.45) is 3.99. The topological polar surface area (TPSA) is 52.1 Å². The van der Waals surface area contributed by atoms with Gasteiger partial charge in [0.2, 0.25) is 0 Å². The third-order valence-electron chi connectivity index (χ3n) is 11.7. The maximum absolute atomic E-state index is 6.51. The van der Waals surface area contributed by atoms with Crippen molar-refractivity contribution in [1.82, 2.24) is 9.97 Å². The van der Waals surface area contributed by atoms with Crippen LogP contribution in [0.25, 0.3) is 99.8 Å². The molecule has 0 atom stereocenters. The molecule has 1 radical (unpaired) electrons. The van der Waals surface area contributed by atoms with E-state index in [1.54, 1.807) is 0 Å². The molecule has 0 saturated heterocycles. The number of pyridine rings is 2. The molecular weight excluding hydrogens is 965 g/mol. The van der Waals surface area contributed by atoms with Crippen molar-refractivity contribution in [3.8, 4) is 55.9 Å². The molecule has 0 fully saturated rings. The van der Waals surface area contributed by atoms with E-state index in [9.17, 15) is 0 Å². The molecule has 0 aliphatic heterocycles. The summed E-state index contributed by atoms with van der Waals surface area (Å²) < 4.78 is 12.6. The molecule has 0 amide bonds. The first-order valence-corrected chi connectivity index (χ1v) is 24.5. The van der Waals surface area contributed by atoms with E-state index in [1.807, 2.05) is 54.9 Å². The largest absolute Gasteiger partial charge is 0.501 e. The average Bonchev–Trinajstić information content (AvgIpc) is 3.88. The van der Waals surface area contributed by atoms with Crippen molar-refractivity contribution in [2.45, 2.75) is 33.5 Å². The van der Waals surface area contributed by atoms with Crippen molar-refractivity contribution < 1.29 is 28.9 Å². The molecule has 0 N–H and O–H groups in total. The van der Waals surface area contributed by atoms with Crippen molar-refractivity contribution in [3.05, 3.63) is 199 Å². The van der Waals surface area contributed by atoms with E-state index in [-0.39, 0.29) is 20.1 Å². The zero-order valence-corrected chi connectivity index (χ0v) is 39.2. The molecule has 4 heterocycles. The first kappa shape index (κ1) is 41.6. The van der Waals surface area contributed by atoms with Crippen LogP contribution in [0.4, 0.5) is 0 Å². The van der Waals surface area contributed by atoms with Gasteiger partial charge in [-0.25, -0.2) is 0 Å². The van der Waals surface area contributed by atoms with Gasteiger partial charge in [0.25, 0.3) is 0 Å². The Hall–Kier alpha value is -6.69. The van der Waals surface area contributed by atoms with Gasteiger partial charge in [-0.3, -0.25) is 0 Å². The van der Waals surface area contributed by atoms with E-state index < -0.39 is 8.07 Å². The molecule has 0 unspecified atom stereocenters. The molecule has 0 saturated carbocycles. The van der Waals surface area contributed by atoms with Crippen LogP contribution in [-0.4, -0.2) is 18.0 Å². The van der Waals surface area contributed by atoms with Gasteiger partial charge in [-0.2, -0.15) is 0 Å². The number of hydrogen-bond donors (Lipinski definition) is 0. The number of rotatable bonds is 6. The Balaban J connectivity index is 0.000000180. The van der Waals surface area contributed by atoms with E-state index in [0.717, 1.165) is 94.2 Å². The molecule has 11 aromatic rings. The van der Waals surface area contributed by atoms with Gasteiger partial charge in [0.15, 0.2) is 0 Å². The molecule has 11 rings (SSSR count). The average molecular weight is 1010 g/mol. The number of fused-ring (bicyclic) bond motifs is 6. The number of aryl methyl sites for hydroxylation is 2. The standard InChI is InChI=1S/C36H22NO2.C21H22NSi.Ir/c1-22-19-31(37-21-30(22)23-9-3-2-4-10-23)27-17-16-25(35-28-12-6-8-14-33(28)39-36(27)35)24-15-18-34-29(20-24)26-11-5-7-13-32(26)38-34;1-16-14-18(10-12-20(16)17-8-6-5-7-9-17)21-13-11-19(15-22-21)23(2,3)4;/h2-16,18-21H,1H3;5-9,11-15H,1-4H3;/q2*-1;. The predicted octanol–water partition coefficient (Wildman–Crippen LogP) is 15.1. The van der Waals surface area contributed by atoms with E-state index in [4.69, 9.17) is 13.8 Å². The minimum Gasteiger partial charge on any atom is -0.501 e. The van der Waals surface area contributed by atoms with Gasteiger partial charge in [0, 0.05) is 54.2 Å². The summed E-state index contributed by atoms with van der Waals surface area (Å²) in [4.78, 5) is 9.54. The number of hydrogen-bond acceptors (Lipinski definition) is 4. The number of para-hydroxylation sites is 2. The molecule has 0 bridgehead atoms. The Labute approximate surface area is 382 Å². The number of furan rings is 2. The molecule has 6 heteroatoms. The molecule has 63 heavy (non-hydrogen) atoms. The quantitative estimate of drug-likeness (QED) is 0.123. The van der Waals surface area contributed by atoms with E-state index in [2.05, 4.69) is 172 Å². The van der Waals surface area contributed by atoms with Crippen LogP contribution in [-0.2, 0) is 20.1 Å². The third-order valence-corrected chi connectivity index (χ3v) is 13.8. The molecule has 4 aromatic heterocycles. The smallest absolute Gasteiger partial charge is 0.135 e. The van der Waals surface area contributed by atoms with Crippen LogP contribution in [0.3, 0.4) is 0 Å². The van der Waals surface area contributed by atoms with Crippen LogP contribution in [0.5, 0.6) is 0 Å². The Morgan fingerprint density at radius 3 is 1.75 bits per heavy atom. The summed E-state index contributed by atoms with van der Waals surface area (Å²) in [5.74, 6) is 0. The summed E-state index contributed by atoms with van der Waals surface area (Å²) in [5.41, 5.74) is 16.5. The van der Waals surface area contributed by atoms with Crippen molar-refractivity contribution in [1.29, 1.82) is 0 Å². The summed E-state index contributed by atoms with van der Waals surface area (Å²) in [6.45, 7) is 11.3. The third kappa shape index (κ3) is 8.10. The SMILES string of the molecule is Cc1cc(-c2[c-]cc(-c3ccc4oc5ccccc5c4c3)c3c2oc2ccccc23)ncc1-c1ccccc1.Cc1cc(-c2ccc([Si](C)(C)C)cn2)[c-]cc1-c1ccccc1.[Ir]. The Kier molecular flexibility index (Phi) is 11.4. The second-order valence-electron chi connectivity index (χ2n) is 16.9. The maximum Gasteiger partial charge on any atom is 0.135 e. The second kappa shape index (κ2) is 17.2. The second-order valence-corrected chi connectivity index (χ2v) is 22.0. The van der Waals surface area contributed by atoms with Crippen molar-refractivity contribution in [2.24, 2.45) is 0 Å². The minimum atomic E-state index is -1.29. The molecule has 7 aromatic carbocycles. The van der Waals surface area contributed by atoms with Crippen LogP contribution in [0.15, 0.2) is 185 Å². The van der Waals surface area contributed by atoms with Gasteiger partial charge < -0.3 is 18.8 Å². The minimum absolute atomic E-state index is 0. The van der Waals surface area contributed by atoms with Gasteiger partial charge in [0.05, 0.1) is 13.7 Å². The summed E-state index contributed by atoms with van der Waals surface area (Å²) in [6, 6.07) is 63.3. The van der Waals surface area contributed by atoms with Gasteiger partial charge in [-0.15, -0.1) is 41.5 Å². The Morgan fingerprint density at radius 1 is 0.476 bits per heavy atom. The van der Waals surface area contributed by atoms with Crippen molar-refractivity contribution in [3.63, 3.8) is 0 Å². The first-order chi connectivity index (χ1) is 30.2. The summed E-state index contributed by atoms with van der Waals surface area (Å²) in [7, 11) is -1.29. The molecule has 0 aliphatic carbocycles. The van der Waals surface area contributed by atoms with Crippen LogP contribution >= 0.6 is 0 Å². The summed E-state index contributed by atoms with van der Waals surface area (Å²) in [5, 5.41) is 5.74. The number of nitrogens with zero attached hydrogens (tertiary/aromatic N) is 2. The summed E-state index contributed by atoms with van der Waals surface area (Å²) >= 11 is 0. The maximum atomic E-state index is 6.51. The zero-order chi connectivity index (χ0) is 42.4. The normalized spacial score (nSPS) is 11.4. The van der Waals surface area contributed by atoms with Crippen LogP contribution in [0.1, 0.15) is 11.1 Å². The van der Waals surface area contributed by atoms with Crippen LogP contribution in [0.2, 0.25) is 19.6 Å². The fourth-order valence-corrected chi connectivity index (χ4v) is 9.40. The van der Waals surface area contributed by atoms with Crippen molar-refractivity contribution >= 4 is 57.1 Å². The van der Waals surface area contributed by atoms with E-state index in [0.29, 0.717) is 0 Å². The first-order valence-electron chi connectivity index (χ1n) is 21.0. The molecular formula is C57H44IrN2O2Si-2. The predicted molar refractivity (Wildman–Crippen MR) is 260 cm³/mol. The number of benzene rings is 7. The Bertz CT molecular complexity index is 3400. The van der Waals surface area contributed by atoms with Crippen LogP contribution in [0, 0.1) is 26.0 Å². The van der Waals surface area contributed by atoms with Gasteiger partial charge in [-0.1, -0.05) is 182 Å². The fraction of sp³-hybridized carbons (Fsp3) is 0.0877. The fourth-order valence-electron chi connectivity index (χ4n) is 8.37.